The summed E-state index contributed by atoms with van der Waals surface area (Å²) < 4.78 is 28.9. The van der Waals surface area contributed by atoms with Gasteiger partial charge >= 0.3 is 0 Å². The first-order chi connectivity index (χ1) is 16.3. The van der Waals surface area contributed by atoms with Crippen LogP contribution in [0.1, 0.15) is 41.3 Å². The number of hydrogen-bond donors (Lipinski definition) is 1. The van der Waals surface area contributed by atoms with E-state index < -0.39 is 10.0 Å². The van der Waals surface area contributed by atoms with E-state index in [9.17, 15) is 8.42 Å². The van der Waals surface area contributed by atoms with Crippen LogP contribution < -0.4 is 4.72 Å². The molecule has 0 fully saturated rings. The molecule has 6 heteroatoms. The largest absolute Gasteiger partial charge is 0.264 e. The number of benzene rings is 3. The molecule has 1 N–H and O–H groups in total. The van der Waals surface area contributed by atoms with E-state index in [0.29, 0.717) is 0 Å². The molecule has 0 saturated heterocycles. The molecule has 1 heterocycles. The van der Waals surface area contributed by atoms with Crippen molar-refractivity contribution in [3.8, 4) is 11.3 Å². The molecule has 5 rings (SSSR count). The van der Waals surface area contributed by atoms with Crippen molar-refractivity contribution in [2.45, 2.75) is 43.9 Å². The van der Waals surface area contributed by atoms with Crippen molar-refractivity contribution in [2.75, 3.05) is 4.72 Å². The highest BCUT2D eigenvalue weighted by Gasteiger charge is 2.40. The van der Waals surface area contributed by atoms with Gasteiger partial charge in [0.1, 0.15) is 0 Å². The molecular weight excluding hydrogens is 442 g/mol. The van der Waals surface area contributed by atoms with E-state index in [0.717, 1.165) is 52.0 Å². The molecule has 0 spiro atoms. The Hall–Kier alpha value is -3.51. The lowest BCUT2D eigenvalue weighted by Crippen LogP contribution is -2.23. The first kappa shape index (κ1) is 22.3. The fourth-order valence-corrected chi connectivity index (χ4v) is 5.94. The third-order valence-electron chi connectivity index (χ3n) is 6.81. The zero-order valence-electron chi connectivity index (χ0n) is 19.5. The molecule has 172 valence electrons. The lowest BCUT2D eigenvalue weighted by molar-refractivity contribution is 0.552. The van der Waals surface area contributed by atoms with Gasteiger partial charge in [0.15, 0.2) is 0 Å². The molecule has 4 aromatic rings. The minimum absolute atomic E-state index is 0.101. The molecule has 34 heavy (non-hydrogen) atoms. The third kappa shape index (κ3) is 3.78. The van der Waals surface area contributed by atoms with Crippen LogP contribution in [0.2, 0.25) is 0 Å². The summed E-state index contributed by atoms with van der Waals surface area (Å²) in [4.78, 5) is 9.82. The molecule has 1 atom stereocenters. The third-order valence-corrected chi connectivity index (χ3v) is 8.16. The van der Waals surface area contributed by atoms with E-state index in [1.165, 1.54) is 0 Å². The van der Waals surface area contributed by atoms with Crippen molar-refractivity contribution in [2.24, 2.45) is 0 Å². The van der Waals surface area contributed by atoms with Crippen molar-refractivity contribution in [3.05, 3.63) is 107 Å². The minimum atomic E-state index is -3.83. The van der Waals surface area contributed by atoms with E-state index in [1.54, 1.807) is 30.3 Å². The van der Waals surface area contributed by atoms with Gasteiger partial charge in [-0.05, 0) is 62.4 Å². The molecule has 5 nitrogen and oxygen atoms in total. The van der Waals surface area contributed by atoms with Crippen molar-refractivity contribution in [3.63, 3.8) is 0 Å². The SMILES string of the molecule is Cc1cccc(C)c1-c1nc(NS(=O)(=O)c2ccccc2)nc2c1CCC2(C)c1ccccc1. The topological polar surface area (TPSA) is 72.0 Å². The average Bonchev–Trinajstić information content (AvgIpc) is 3.18. The van der Waals surface area contributed by atoms with E-state index in [2.05, 4.69) is 49.8 Å². The van der Waals surface area contributed by atoms with Crippen LogP contribution in [0.25, 0.3) is 11.3 Å². The Morgan fingerprint density at radius 1 is 0.824 bits per heavy atom. The van der Waals surface area contributed by atoms with Gasteiger partial charge in [0, 0.05) is 16.5 Å². The van der Waals surface area contributed by atoms with Crippen LogP contribution in [0.5, 0.6) is 0 Å². The first-order valence-corrected chi connectivity index (χ1v) is 12.9. The quantitative estimate of drug-likeness (QED) is 0.400. The molecule has 1 aliphatic carbocycles. The highest BCUT2D eigenvalue weighted by molar-refractivity contribution is 7.92. The van der Waals surface area contributed by atoms with Gasteiger partial charge in [0.25, 0.3) is 10.0 Å². The first-order valence-electron chi connectivity index (χ1n) is 11.4. The van der Waals surface area contributed by atoms with Crippen molar-refractivity contribution in [1.82, 2.24) is 9.97 Å². The van der Waals surface area contributed by atoms with Crippen LogP contribution in [0.4, 0.5) is 5.95 Å². The maximum Gasteiger partial charge on any atom is 0.264 e. The van der Waals surface area contributed by atoms with Gasteiger partial charge in [-0.15, -0.1) is 0 Å². The molecule has 0 bridgehead atoms. The Balaban J connectivity index is 1.72. The van der Waals surface area contributed by atoms with Gasteiger partial charge < -0.3 is 0 Å². The van der Waals surface area contributed by atoms with E-state index in [1.807, 2.05) is 24.3 Å². The molecule has 1 unspecified atom stereocenters. The fraction of sp³-hybridized carbons (Fsp3) is 0.214. The Morgan fingerprint density at radius 2 is 1.44 bits per heavy atom. The Morgan fingerprint density at radius 3 is 2.09 bits per heavy atom. The Labute approximate surface area is 201 Å². The highest BCUT2D eigenvalue weighted by Crippen LogP contribution is 2.46. The number of fused-ring (bicyclic) bond motifs is 1. The molecule has 0 radical (unpaired) electrons. The fourth-order valence-electron chi connectivity index (χ4n) is 4.98. The van der Waals surface area contributed by atoms with E-state index >= 15 is 0 Å². The second-order valence-corrected chi connectivity index (χ2v) is 10.8. The monoisotopic (exact) mass is 469 g/mol. The maximum atomic E-state index is 13.1. The second-order valence-electron chi connectivity index (χ2n) is 9.11. The molecule has 1 aromatic heterocycles. The Bertz CT molecular complexity index is 1450. The molecule has 0 aliphatic heterocycles. The number of aryl methyl sites for hydroxylation is 2. The van der Waals surface area contributed by atoms with Gasteiger partial charge in [-0.25, -0.2) is 23.1 Å². The van der Waals surface area contributed by atoms with Crippen molar-refractivity contribution in [1.29, 1.82) is 0 Å². The lowest BCUT2D eigenvalue weighted by Gasteiger charge is -2.26. The van der Waals surface area contributed by atoms with Gasteiger partial charge in [-0.2, -0.15) is 0 Å². The minimum Gasteiger partial charge on any atom is -0.247 e. The van der Waals surface area contributed by atoms with Gasteiger partial charge in [-0.1, -0.05) is 66.7 Å². The summed E-state index contributed by atoms with van der Waals surface area (Å²) in [5.74, 6) is 0.101. The van der Waals surface area contributed by atoms with Crippen molar-refractivity contribution >= 4 is 16.0 Å². The molecular formula is C28H27N3O2S. The molecule has 1 aliphatic rings. The van der Waals surface area contributed by atoms with Gasteiger partial charge in [-0.3, -0.25) is 0 Å². The molecule has 0 saturated carbocycles. The number of anilines is 1. The summed E-state index contributed by atoms with van der Waals surface area (Å²) in [6.45, 7) is 6.32. The van der Waals surface area contributed by atoms with Crippen LogP contribution in [0.15, 0.2) is 83.8 Å². The number of rotatable bonds is 5. The van der Waals surface area contributed by atoms with Crippen LogP contribution in [-0.4, -0.2) is 18.4 Å². The molecule has 0 amide bonds. The predicted octanol–water partition coefficient (Wildman–Crippen LogP) is 5.81. The predicted molar refractivity (Wildman–Crippen MR) is 135 cm³/mol. The second kappa shape index (κ2) is 8.37. The normalized spacial score (nSPS) is 17.4. The number of nitrogens with one attached hydrogen (secondary N) is 1. The van der Waals surface area contributed by atoms with Crippen molar-refractivity contribution < 1.29 is 8.42 Å². The van der Waals surface area contributed by atoms with E-state index in [4.69, 9.17) is 9.97 Å². The van der Waals surface area contributed by atoms with Gasteiger partial charge in [0.05, 0.1) is 16.3 Å². The standard InChI is InChI=1S/C28H27N3O2S/c1-19-11-10-12-20(2)24(19)25-23-17-18-28(3,21-13-6-4-7-14-21)26(23)30-27(29-25)31-34(32,33)22-15-8-5-9-16-22/h4-16H,17-18H2,1-3H3,(H,29,30,31). The van der Waals surface area contributed by atoms with Crippen LogP contribution in [0, 0.1) is 13.8 Å². The maximum absolute atomic E-state index is 13.1. The number of hydrogen-bond acceptors (Lipinski definition) is 4. The van der Waals surface area contributed by atoms with Crippen LogP contribution >= 0.6 is 0 Å². The number of nitrogens with zero attached hydrogens (tertiary/aromatic N) is 2. The van der Waals surface area contributed by atoms with Crippen LogP contribution in [-0.2, 0) is 21.9 Å². The summed E-state index contributed by atoms with van der Waals surface area (Å²) in [5, 5.41) is 0. The summed E-state index contributed by atoms with van der Waals surface area (Å²) in [6.07, 6.45) is 1.71. The highest BCUT2D eigenvalue weighted by atomic mass is 32.2. The van der Waals surface area contributed by atoms with E-state index in [-0.39, 0.29) is 16.3 Å². The zero-order valence-corrected chi connectivity index (χ0v) is 20.4. The molecule has 3 aromatic carbocycles. The summed E-state index contributed by atoms with van der Waals surface area (Å²) in [7, 11) is -3.83. The number of sulfonamides is 1. The summed E-state index contributed by atoms with van der Waals surface area (Å²) in [5.41, 5.74) is 6.86. The zero-order chi connectivity index (χ0) is 23.9. The summed E-state index contributed by atoms with van der Waals surface area (Å²) >= 11 is 0. The lowest BCUT2D eigenvalue weighted by atomic mass is 9.80. The van der Waals surface area contributed by atoms with Crippen LogP contribution in [0.3, 0.4) is 0 Å². The smallest absolute Gasteiger partial charge is 0.247 e. The average molecular weight is 470 g/mol. The van der Waals surface area contributed by atoms with Gasteiger partial charge in [0.2, 0.25) is 5.95 Å². The number of aromatic nitrogens is 2. The summed E-state index contributed by atoms with van der Waals surface area (Å²) in [6, 6.07) is 24.8. The Kier molecular flexibility index (Phi) is 5.48.